The van der Waals surface area contributed by atoms with Gasteiger partial charge in [0, 0.05) is 22.7 Å². The van der Waals surface area contributed by atoms with Gasteiger partial charge in [0.05, 0.1) is 28.8 Å². The van der Waals surface area contributed by atoms with Crippen LogP contribution in [0.2, 0.25) is 10.0 Å². The molecule has 0 fully saturated rings. The van der Waals surface area contributed by atoms with E-state index in [1.165, 1.54) is 18.2 Å². The van der Waals surface area contributed by atoms with Crippen molar-refractivity contribution in [2.24, 2.45) is 0 Å². The molecule has 37 heavy (non-hydrogen) atoms. The molecule has 1 aliphatic rings. The molecule has 0 saturated heterocycles. The zero-order valence-corrected chi connectivity index (χ0v) is 21.6. The van der Waals surface area contributed by atoms with E-state index in [2.05, 4.69) is 15.4 Å². The molecule has 0 radical (unpaired) electrons. The molecule has 0 aliphatic heterocycles. The van der Waals surface area contributed by atoms with Crippen LogP contribution in [-0.4, -0.2) is 35.8 Å². The maximum atomic E-state index is 12.6. The Morgan fingerprint density at radius 3 is 2.84 bits per heavy atom. The standard InChI is InChI=1S/C24H21Cl2N5O5S/c25-17-5-4-16(19(26)10-17)13-31-22-14(2-1-3-15(22)12-28-31)8-9-27-23(32)30-37(34,35)18-6-7-20-21(11-18)36-24(33)29-20/h4-8,10-12H,1-3,9,13H2,(H,29,33)(H2,27,30,32). The number of oxazole rings is 1. The van der Waals surface area contributed by atoms with Crippen LogP contribution >= 0.6 is 23.2 Å². The number of aromatic nitrogens is 3. The Labute approximate surface area is 221 Å². The highest BCUT2D eigenvalue weighted by Crippen LogP contribution is 2.32. The first kappa shape index (κ1) is 25.1. The number of sulfonamides is 1. The van der Waals surface area contributed by atoms with E-state index in [1.807, 2.05) is 27.7 Å². The Morgan fingerprint density at radius 2 is 2.03 bits per heavy atom. The van der Waals surface area contributed by atoms with Crippen molar-refractivity contribution in [3.05, 3.63) is 86.1 Å². The molecule has 10 nitrogen and oxygen atoms in total. The number of amides is 2. The van der Waals surface area contributed by atoms with E-state index in [0.29, 0.717) is 22.1 Å². The minimum absolute atomic E-state index is 0.0719. The van der Waals surface area contributed by atoms with E-state index in [0.717, 1.165) is 41.7 Å². The summed E-state index contributed by atoms with van der Waals surface area (Å²) in [6, 6.07) is 8.26. The number of carbonyl (C=O) groups excluding carboxylic acids is 1. The fraction of sp³-hybridized carbons (Fsp3) is 0.208. The molecule has 0 spiro atoms. The molecular weight excluding hydrogens is 541 g/mol. The Bertz CT molecular complexity index is 1700. The summed E-state index contributed by atoms with van der Waals surface area (Å²) in [7, 11) is -4.18. The number of hydrogen-bond donors (Lipinski definition) is 3. The van der Waals surface area contributed by atoms with Crippen LogP contribution in [0.25, 0.3) is 16.7 Å². The summed E-state index contributed by atoms with van der Waals surface area (Å²) in [5.74, 6) is -0.702. The smallest absolute Gasteiger partial charge is 0.408 e. The highest BCUT2D eigenvalue weighted by Gasteiger charge is 2.21. The average molecular weight is 562 g/mol. The van der Waals surface area contributed by atoms with Gasteiger partial charge in [-0.25, -0.2) is 22.7 Å². The molecule has 1 aliphatic carbocycles. The molecule has 2 amide bonds. The molecule has 192 valence electrons. The normalized spacial score (nSPS) is 14.6. The van der Waals surface area contributed by atoms with Gasteiger partial charge in [0.15, 0.2) is 5.58 Å². The predicted octanol–water partition coefficient (Wildman–Crippen LogP) is 4.08. The number of benzene rings is 2. The van der Waals surface area contributed by atoms with Gasteiger partial charge in [-0.1, -0.05) is 35.3 Å². The van der Waals surface area contributed by atoms with Gasteiger partial charge in [-0.05, 0) is 60.2 Å². The van der Waals surface area contributed by atoms with E-state index in [9.17, 15) is 18.0 Å². The Kier molecular flexibility index (Phi) is 6.84. The number of carbonyl (C=O) groups is 1. The van der Waals surface area contributed by atoms with Crippen LogP contribution in [0.15, 0.2) is 62.8 Å². The molecule has 4 aromatic rings. The summed E-state index contributed by atoms with van der Waals surface area (Å²) in [5.41, 5.74) is 4.36. The number of nitrogens with one attached hydrogen (secondary N) is 3. The maximum absolute atomic E-state index is 12.6. The number of aryl methyl sites for hydroxylation is 1. The highest BCUT2D eigenvalue weighted by molar-refractivity contribution is 7.90. The van der Waals surface area contributed by atoms with E-state index in [1.54, 1.807) is 12.1 Å². The topological polar surface area (TPSA) is 139 Å². The monoisotopic (exact) mass is 561 g/mol. The van der Waals surface area contributed by atoms with Crippen molar-refractivity contribution in [2.45, 2.75) is 30.7 Å². The van der Waals surface area contributed by atoms with Crippen molar-refractivity contribution in [3.63, 3.8) is 0 Å². The maximum Gasteiger partial charge on any atom is 0.417 e. The Balaban J connectivity index is 1.27. The summed E-state index contributed by atoms with van der Waals surface area (Å²) >= 11 is 12.4. The molecule has 5 rings (SSSR count). The van der Waals surface area contributed by atoms with Crippen molar-refractivity contribution in [1.82, 2.24) is 24.8 Å². The van der Waals surface area contributed by atoms with Gasteiger partial charge >= 0.3 is 11.8 Å². The number of nitrogens with zero attached hydrogens (tertiary/aromatic N) is 2. The first-order chi connectivity index (χ1) is 17.7. The Hall–Kier alpha value is -3.54. The fourth-order valence-corrected chi connectivity index (χ4v) is 5.69. The molecule has 2 heterocycles. The first-order valence-corrected chi connectivity index (χ1v) is 13.5. The Morgan fingerprint density at radius 1 is 1.19 bits per heavy atom. The van der Waals surface area contributed by atoms with Crippen LogP contribution in [0.3, 0.4) is 0 Å². The van der Waals surface area contributed by atoms with Gasteiger partial charge in [0.25, 0.3) is 10.0 Å². The van der Waals surface area contributed by atoms with Crippen molar-refractivity contribution < 1.29 is 17.6 Å². The van der Waals surface area contributed by atoms with Crippen LogP contribution in [0.4, 0.5) is 4.79 Å². The summed E-state index contributed by atoms with van der Waals surface area (Å²) in [4.78, 5) is 25.9. The van der Waals surface area contributed by atoms with Crippen molar-refractivity contribution in [2.75, 3.05) is 6.54 Å². The lowest BCUT2D eigenvalue weighted by atomic mass is 9.92. The van der Waals surface area contributed by atoms with Gasteiger partial charge in [-0.3, -0.25) is 9.67 Å². The molecule has 0 unspecified atom stereocenters. The van der Waals surface area contributed by atoms with Crippen LogP contribution < -0.4 is 15.8 Å². The number of halogens is 2. The third-order valence-corrected chi connectivity index (χ3v) is 7.90. The first-order valence-electron chi connectivity index (χ1n) is 11.3. The number of aromatic amines is 1. The second-order valence-electron chi connectivity index (χ2n) is 8.48. The quantitative estimate of drug-likeness (QED) is 0.324. The van der Waals surface area contributed by atoms with Crippen molar-refractivity contribution >= 4 is 55.9 Å². The summed E-state index contributed by atoms with van der Waals surface area (Å²) in [6.07, 6.45) is 6.30. The summed E-state index contributed by atoms with van der Waals surface area (Å²) in [6.45, 7) is 0.565. The third-order valence-electron chi connectivity index (χ3n) is 5.99. The van der Waals surface area contributed by atoms with E-state index in [4.69, 9.17) is 27.6 Å². The average Bonchev–Trinajstić information content (AvgIpc) is 3.42. The van der Waals surface area contributed by atoms with Gasteiger partial charge in [0.2, 0.25) is 0 Å². The number of fused-ring (bicyclic) bond motifs is 2. The van der Waals surface area contributed by atoms with E-state index in [-0.39, 0.29) is 17.0 Å². The fourth-order valence-electron chi connectivity index (χ4n) is 4.27. The number of hydrogen-bond acceptors (Lipinski definition) is 6. The second kappa shape index (κ2) is 10.1. The van der Waals surface area contributed by atoms with Crippen LogP contribution in [0.1, 0.15) is 29.7 Å². The molecular formula is C24H21Cl2N5O5S. The lowest BCUT2D eigenvalue weighted by Crippen LogP contribution is -2.39. The van der Waals surface area contributed by atoms with Gasteiger partial charge in [0.1, 0.15) is 0 Å². The van der Waals surface area contributed by atoms with Crippen LogP contribution in [0.5, 0.6) is 0 Å². The van der Waals surface area contributed by atoms with Crippen molar-refractivity contribution in [3.8, 4) is 0 Å². The van der Waals surface area contributed by atoms with Gasteiger partial charge < -0.3 is 9.73 Å². The van der Waals surface area contributed by atoms with E-state index < -0.39 is 21.8 Å². The summed E-state index contributed by atoms with van der Waals surface area (Å²) in [5, 5.41) is 8.19. The second-order valence-corrected chi connectivity index (χ2v) is 11.0. The predicted molar refractivity (Wildman–Crippen MR) is 139 cm³/mol. The molecule has 0 atom stereocenters. The molecule has 2 aromatic heterocycles. The molecule has 13 heteroatoms. The number of urea groups is 1. The number of allylic oxidation sites excluding steroid dienone is 1. The van der Waals surface area contributed by atoms with Gasteiger partial charge in [-0.15, -0.1) is 0 Å². The zero-order valence-electron chi connectivity index (χ0n) is 19.3. The largest absolute Gasteiger partial charge is 0.417 e. The van der Waals surface area contributed by atoms with Gasteiger partial charge in [-0.2, -0.15) is 5.10 Å². The van der Waals surface area contributed by atoms with Crippen molar-refractivity contribution in [1.29, 1.82) is 0 Å². The number of rotatable bonds is 6. The number of H-pyrrole nitrogens is 1. The van der Waals surface area contributed by atoms with Crippen LogP contribution in [0, 0.1) is 0 Å². The molecule has 0 saturated carbocycles. The minimum atomic E-state index is -4.18. The minimum Gasteiger partial charge on any atom is -0.408 e. The third kappa shape index (κ3) is 5.43. The summed E-state index contributed by atoms with van der Waals surface area (Å²) < 4.78 is 33.9. The van der Waals surface area contributed by atoms with Crippen LogP contribution in [-0.2, 0) is 23.0 Å². The van der Waals surface area contributed by atoms with E-state index >= 15 is 0 Å². The molecule has 3 N–H and O–H groups in total. The molecule has 0 bridgehead atoms. The molecule has 2 aromatic carbocycles. The zero-order chi connectivity index (χ0) is 26.2. The SMILES string of the molecule is O=C(NCC=C1CCCc2cnn(Cc3ccc(Cl)cc3Cl)c21)NS(=O)(=O)c1ccc2[nH]c(=O)oc2c1. The lowest BCUT2D eigenvalue weighted by molar-refractivity contribution is 0.247. The highest BCUT2D eigenvalue weighted by atomic mass is 35.5. The lowest BCUT2D eigenvalue weighted by Gasteiger charge is -2.18.